The standard InChI is InChI=1S/C17H21F6NO2/c1-10(2)14(17(21,22)23)8-15(25)24-11(3)12-5-4-6-13(7-12)26-9-16(18,19)20/h4-7,10-11,14H,8-9H2,1-3H3,(H,24,25)/t11-,14-/m0/s1. The molecule has 1 aromatic rings. The van der Waals surface area contributed by atoms with E-state index < -0.39 is 49.2 Å². The highest BCUT2D eigenvalue weighted by Gasteiger charge is 2.42. The van der Waals surface area contributed by atoms with Gasteiger partial charge >= 0.3 is 12.4 Å². The zero-order valence-electron chi connectivity index (χ0n) is 14.5. The number of ether oxygens (including phenoxy) is 1. The molecule has 0 aliphatic rings. The van der Waals surface area contributed by atoms with E-state index in [0.717, 1.165) is 0 Å². The second kappa shape index (κ2) is 8.64. The third-order valence-corrected chi connectivity index (χ3v) is 3.77. The van der Waals surface area contributed by atoms with Gasteiger partial charge < -0.3 is 10.1 Å². The zero-order valence-corrected chi connectivity index (χ0v) is 14.5. The monoisotopic (exact) mass is 385 g/mol. The predicted molar refractivity (Wildman–Crippen MR) is 83.5 cm³/mol. The fraction of sp³-hybridized carbons (Fsp3) is 0.588. The van der Waals surface area contributed by atoms with Crippen LogP contribution in [0.25, 0.3) is 0 Å². The fourth-order valence-electron chi connectivity index (χ4n) is 2.35. The Kier molecular flexibility index (Phi) is 7.35. The number of hydrogen-bond donors (Lipinski definition) is 1. The van der Waals surface area contributed by atoms with Crippen molar-refractivity contribution < 1.29 is 35.9 Å². The quantitative estimate of drug-likeness (QED) is 0.669. The van der Waals surface area contributed by atoms with E-state index in [0.29, 0.717) is 5.56 Å². The largest absolute Gasteiger partial charge is 0.484 e. The van der Waals surface area contributed by atoms with Crippen LogP contribution >= 0.6 is 0 Å². The molecule has 0 spiro atoms. The second-order valence-electron chi connectivity index (χ2n) is 6.36. The van der Waals surface area contributed by atoms with Crippen molar-refractivity contribution in [3.8, 4) is 5.75 Å². The Labute approximate surface area is 147 Å². The summed E-state index contributed by atoms with van der Waals surface area (Å²) in [5.74, 6) is -3.35. The summed E-state index contributed by atoms with van der Waals surface area (Å²) in [7, 11) is 0. The first-order valence-electron chi connectivity index (χ1n) is 7.95. The second-order valence-corrected chi connectivity index (χ2v) is 6.36. The first-order valence-corrected chi connectivity index (χ1v) is 7.95. The average Bonchev–Trinajstić information content (AvgIpc) is 2.49. The minimum absolute atomic E-state index is 0.0451. The van der Waals surface area contributed by atoms with E-state index in [4.69, 9.17) is 0 Å². The van der Waals surface area contributed by atoms with Crippen LogP contribution in [0, 0.1) is 11.8 Å². The molecule has 0 aliphatic carbocycles. The first kappa shape index (κ1) is 22.1. The molecule has 0 saturated carbocycles. The molecule has 1 amide bonds. The molecule has 0 unspecified atom stereocenters. The van der Waals surface area contributed by atoms with Crippen molar-refractivity contribution in [3.63, 3.8) is 0 Å². The van der Waals surface area contributed by atoms with Gasteiger partial charge in [0.2, 0.25) is 5.91 Å². The number of halogens is 6. The van der Waals surface area contributed by atoms with Crippen molar-refractivity contribution in [1.82, 2.24) is 5.32 Å². The average molecular weight is 385 g/mol. The molecule has 0 bridgehead atoms. The van der Waals surface area contributed by atoms with Crippen LogP contribution < -0.4 is 10.1 Å². The zero-order chi connectivity index (χ0) is 20.1. The van der Waals surface area contributed by atoms with Crippen LogP contribution in [0.4, 0.5) is 26.3 Å². The van der Waals surface area contributed by atoms with Crippen LogP contribution in [-0.2, 0) is 4.79 Å². The number of nitrogens with one attached hydrogen (secondary N) is 1. The van der Waals surface area contributed by atoms with Crippen LogP contribution in [0.2, 0.25) is 0 Å². The number of carbonyl (C=O) groups is 1. The van der Waals surface area contributed by atoms with Gasteiger partial charge in [-0.15, -0.1) is 0 Å². The van der Waals surface area contributed by atoms with Crippen LogP contribution in [-0.4, -0.2) is 24.9 Å². The third-order valence-electron chi connectivity index (χ3n) is 3.77. The summed E-state index contributed by atoms with van der Waals surface area (Å²) in [4.78, 5) is 11.9. The van der Waals surface area contributed by atoms with Crippen molar-refractivity contribution in [1.29, 1.82) is 0 Å². The van der Waals surface area contributed by atoms with Gasteiger partial charge in [-0.05, 0) is 30.5 Å². The number of benzene rings is 1. The molecule has 9 heteroatoms. The van der Waals surface area contributed by atoms with E-state index in [9.17, 15) is 31.1 Å². The molecule has 2 atom stereocenters. The molecule has 0 heterocycles. The van der Waals surface area contributed by atoms with E-state index in [-0.39, 0.29) is 5.75 Å². The maximum Gasteiger partial charge on any atom is 0.422 e. The van der Waals surface area contributed by atoms with Crippen LogP contribution in [0.15, 0.2) is 24.3 Å². The minimum atomic E-state index is -4.49. The molecule has 148 valence electrons. The third kappa shape index (κ3) is 7.53. The molecule has 1 aromatic carbocycles. The van der Waals surface area contributed by atoms with E-state index in [1.54, 1.807) is 0 Å². The van der Waals surface area contributed by atoms with Gasteiger partial charge in [-0.3, -0.25) is 4.79 Å². The normalized spacial score (nSPS) is 14.8. The van der Waals surface area contributed by atoms with E-state index >= 15 is 0 Å². The maximum atomic E-state index is 12.9. The predicted octanol–water partition coefficient (Wildman–Crippen LogP) is 5.03. The molecule has 0 fully saturated rings. The lowest BCUT2D eigenvalue weighted by atomic mass is 9.91. The van der Waals surface area contributed by atoms with Gasteiger partial charge in [-0.2, -0.15) is 26.3 Å². The van der Waals surface area contributed by atoms with Crippen LogP contribution in [0.3, 0.4) is 0 Å². The van der Waals surface area contributed by atoms with Crippen molar-refractivity contribution in [2.75, 3.05) is 6.61 Å². The van der Waals surface area contributed by atoms with Crippen molar-refractivity contribution in [2.24, 2.45) is 11.8 Å². The first-order chi connectivity index (χ1) is 11.8. The van der Waals surface area contributed by atoms with Crippen molar-refractivity contribution >= 4 is 5.91 Å². The van der Waals surface area contributed by atoms with Crippen LogP contribution in [0.5, 0.6) is 5.75 Å². The van der Waals surface area contributed by atoms with E-state index in [1.807, 2.05) is 0 Å². The summed E-state index contributed by atoms with van der Waals surface area (Å²) < 4.78 is 80.0. The Bertz CT molecular complexity index is 598. The van der Waals surface area contributed by atoms with Gasteiger partial charge in [0.25, 0.3) is 0 Å². The molecule has 1 rings (SSSR count). The summed E-state index contributed by atoms with van der Waals surface area (Å²) in [6.07, 6.45) is -9.69. The Balaban J connectivity index is 2.72. The van der Waals surface area contributed by atoms with Crippen molar-refractivity contribution in [3.05, 3.63) is 29.8 Å². The lowest BCUT2D eigenvalue weighted by Crippen LogP contribution is -2.35. The minimum Gasteiger partial charge on any atom is -0.484 e. The SMILES string of the molecule is CC(C)[C@H](CC(=O)N[C@@H](C)c1cccc(OCC(F)(F)F)c1)C(F)(F)F. The van der Waals surface area contributed by atoms with Gasteiger partial charge in [-0.1, -0.05) is 26.0 Å². The summed E-state index contributed by atoms with van der Waals surface area (Å²) in [5, 5.41) is 2.44. The van der Waals surface area contributed by atoms with Gasteiger partial charge in [0.05, 0.1) is 12.0 Å². The Morgan fingerprint density at radius 2 is 1.73 bits per heavy atom. The van der Waals surface area contributed by atoms with Gasteiger partial charge in [0.15, 0.2) is 6.61 Å². The summed E-state index contributed by atoms with van der Waals surface area (Å²) in [6.45, 7) is 2.84. The fourth-order valence-corrected chi connectivity index (χ4v) is 2.35. The highest BCUT2D eigenvalue weighted by Crippen LogP contribution is 2.34. The molecule has 0 aromatic heterocycles. The van der Waals surface area contributed by atoms with Crippen LogP contribution in [0.1, 0.15) is 38.8 Å². The molecular formula is C17H21F6NO2. The Morgan fingerprint density at radius 3 is 2.23 bits per heavy atom. The Hall–Kier alpha value is -1.93. The highest BCUT2D eigenvalue weighted by molar-refractivity contribution is 5.76. The summed E-state index contributed by atoms with van der Waals surface area (Å²) in [6, 6.07) is 4.92. The molecule has 26 heavy (non-hydrogen) atoms. The molecule has 1 N–H and O–H groups in total. The van der Waals surface area contributed by atoms with Gasteiger partial charge in [-0.25, -0.2) is 0 Å². The molecule has 0 aliphatic heterocycles. The lowest BCUT2D eigenvalue weighted by Gasteiger charge is -2.24. The number of rotatable bonds is 7. The number of hydrogen-bond acceptors (Lipinski definition) is 2. The van der Waals surface area contributed by atoms with Crippen molar-refractivity contribution in [2.45, 2.75) is 45.6 Å². The Morgan fingerprint density at radius 1 is 1.12 bits per heavy atom. The molecular weight excluding hydrogens is 364 g/mol. The lowest BCUT2D eigenvalue weighted by molar-refractivity contribution is -0.189. The highest BCUT2D eigenvalue weighted by atomic mass is 19.4. The van der Waals surface area contributed by atoms with Gasteiger partial charge in [0, 0.05) is 6.42 Å². The summed E-state index contributed by atoms with van der Waals surface area (Å²) >= 11 is 0. The smallest absolute Gasteiger partial charge is 0.422 e. The van der Waals surface area contributed by atoms with Gasteiger partial charge in [0.1, 0.15) is 5.75 Å². The van der Waals surface area contributed by atoms with E-state index in [2.05, 4.69) is 10.1 Å². The number of amides is 1. The number of carbonyl (C=O) groups excluding carboxylic acids is 1. The summed E-state index contributed by atoms with van der Waals surface area (Å²) in [5.41, 5.74) is 0.422. The topological polar surface area (TPSA) is 38.3 Å². The number of alkyl halides is 6. The molecule has 3 nitrogen and oxygen atoms in total. The molecule has 0 radical (unpaired) electrons. The maximum absolute atomic E-state index is 12.9. The molecule has 0 saturated heterocycles. The van der Waals surface area contributed by atoms with E-state index in [1.165, 1.54) is 45.0 Å².